The first-order chi connectivity index (χ1) is 13.9. The van der Waals surface area contributed by atoms with Crippen LogP contribution in [0.15, 0.2) is 47.0 Å². The molecule has 0 radical (unpaired) electrons. The SMILES string of the molecule is CCn1ccc(C(C)NC(=O)c2ccc(COc3ccc([N+](=O)[O-])c(C)c3)o2)n1. The van der Waals surface area contributed by atoms with Crippen LogP contribution in [-0.2, 0) is 13.2 Å². The van der Waals surface area contributed by atoms with Gasteiger partial charge in [-0.3, -0.25) is 19.6 Å². The van der Waals surface area contributed by atoms with E-state index in [2.05, 4.69) is 10.4 Å². The van der Waals surface area contributed by atoms with Crippen LogP contribution in [0.4, 0.5) is 5.69 Å². The number of nitrogens with one attached hydrogen (secondary N) is 1. The number of nitro benzene ring substituents is 1. The van der Waals surface area contributed by atoms with Crippen molar-refractivity contribution in [3.63, 3.8) is 0 Å². The van der Waals surface area contributed by atoms with Crippen molar-refractivity contribution >= 4 is 11.6 Å². The summed E-state index contributed by atoms with van der Waals surface area (Å²) in [6.07, 6.45) is 1.86. The zero-order valence-electron chi connectivity index (χ0n) is 16.4. The third-order valence-corrected chi connectivity index (χ3v) is 4.41. The standard InChI is InChI=1S/C20H22N4O5/c1-4-23-10-9-17(22-23)14(3)21-20(25)19-8-6-16(29-19)12-28-15-5-7-18(24(26)27)13(2)11-15/h5-11,14H,4,12H2,1-3H3,(H,21,25). The molecule has 0 aliphatic heterocycles. The van der Waals surface area contributed by atoms with E-state index in [4.69, 9.17) is 9.15 Å². The van der Waals surface area contributed by atoms with Gasteiger partial charge in [0.05, 0.1) is 16.7 Å². The van der Waals surface area contributed by atoms with Crippen LogP contribution in [0.25, 0.3) is 0 Å². The van der Waals surface area contributed by atoms with Gasteiger partial charge in [-0.25, -0.2) is 0 Å². The average molecular weight is 398 g/mol. The number of hydrogen-bond donors (Lipinski definition) is 1. The molecule has 2 aromatic heterocycles. The van der Waals surface area contributed by atoms with Gasteiger partial charge in [-0.1, -0.05) is 0 Å². The van der Waals surface area contributed by atoms with Crippen LogP contribution < -0.4 is 10.1 Å². The molecule has 3 aromatic rings. The quantitative estimate of drug-likeness (QED) is 0.456. The summed E-state index contributed by atoms with van der Waals surface area (Å²) >= 11 is 0. The summed E-state index contributed by atoms with van der Waals surface area (Å²) in [5.74, 6) is 0.774. The lowest BCUT2D eigenvalue weighted by Crippen LogP contribution is -2.26. The number of furan rings is 1. The van der Waals surface area contributed by atoms with Crippen molar-refractivity contribution in [3.05, 3.63) is 75.5 Å². The lowest BCUT2D eigenvalue weighted by Gasteiger charge is -2.10. The molecule has 0 bridgehead atoms. The maximum Gasteiger partial charge on any atom is 0.287 e. The second kappa shape index (κ2) is 8.59. The maximum absolute atomic E-state index is 12.4. The molecule has 0 saturated carbocycles. The topological polar surface area (TPSA) is 112 Å². The van der Waals surface area contributed by atoms with Crippen molar-refractivity contribution in [2.45, 2.75) is 40.0 Å². The molecule has 1 aromatic carbocycles. The van der Waals surface area contributed by atoms with Gasteiger partial charge in [0.1, 0.15) is 18.1 Å². The molecule has 2 heterocycles. The van der Waals surface area contributed by atoms with Crippen molar-refractivity contribution in [2.24, 2.45) is 0 Å². The smallest absolute Gasteiger partial charge is 0.287 e. The lowest BCUT2D eigenvalue weighted by atomic mass is 10.2. The van der Waals surface area contributed by atoms with E-state index >= 15 is 0 Å². The van der Waals surface area contributed by atoms with Gasteiger partial charge in [0, 0.05) is 24.4 Å². The molecule has 29 heavy (non-hydrogen) atoms. The highest BCUT2D eigenvalue weighted by Gasteiger charge is 2.17. The fourth-order valence-corrected chi connectivity index (χ4v) is 2.78. The van der Waals surface area contributed by atoms with Gasteiger partial charge in [-0.2, -0.15) is 5.10 Å². The van der Waals surface area contributed by atoms with Gasteiger partial charge in [-0.05, 0) is 51.1 Å². The van der Waals surface area contributed by atoms with Gasteiger partial charge in [0.25, 0.3) is 11.6 Å². The van der Waals surface area contributed by atoms with Gasteiger partial charge in [0.15, 0.2) is 5.76 Å². The van der Waals surface area contributed by atoms with E-state index in [1.165, 1.54) is 12.1 Å². The number of rotatable bonds is 8. The summed E-state index contributed by atoms with van der Waals surface area (Å²) in [4.78, 5) is 22.8. The van der Waals surface area contributed by atoms with E-state index in [9.17, 15) is 14.9 Å². The van der Waals surface area contributed by atoms with Crippen LogP contribution in [0.5, 0.6) is 5.75 Å². The van der Waals surface area contributed by atoms with Gasteiger partial charge >= 0.3 is 0 Å². The van der Waals surface area contributed by atoms with Crippen LogP contribution in [0.2, 0.25) is 0 Å². The predicted molar refractivity (Wildman–Crippen MR) is 105 cm³/mol. The van der Waals surface area contributed by atoms with Crippen LogP contribution in [-0.4, -0.2) is 20.6 Å². The second-order valence-corrected chi connectivity index (χ2v) is 6.55. The largest absolute Gasteiger partial charge is 0.486 e. The fraction of sp³-hybridized carbons (Fsp3) is 0.300. The summed E-state index contributed by atoms with van der Waals surface area (Å²) in [6, 6.07) is 9.35. The Labute approximate surface area is 167 Å². The molecular formula is C20H22N4O5. The number of nitrogens with zero attached hydrogens (tertiary/aromatic N) is 3. The summed E-state index contributed by atoms with van der Waals surface area (Å²) in [6.45, 7) is 6.34. The van der Waals surface area contributed by atoms with Crippen molar-refractivity contribution in [3.8, 4) is 5.75 Å². The molecule has 1 amide bonds. The average Bonchev–Trinajstić information content (AvgIpc) is 3.35. The molecule has 0 saturated heterocycles. The van der Waals surface area contributed by atoms with E-state index in [-0.39, 0.29) is 30.0 Å². The maximum atomic E-state index is 12.4. The molecule has 3 rings (SSSR count). The van der Waals surface area contributed by atoms with Crippen molar-refractivity contribution < 1.29 is 18.9 Å². The predicted octanol–water partition coefficient (Wildman–Crippen LogP) is 3.78. The molecule has 1 unspecified atom stereocenters. The third kappa shape index (κ3) is 4.81. The molecule has 9 heteroatoms. The minimum Gasteiger partial charge on any atom is -0.486 e. The number of nitro groups is 1. The number of benzene rings is 1. The Bertz CT molecular complexity index is 1020. The van der Waals surface area contributed by atoms with Crippen molar-refractivity contribution in [2.75, 3.05) is 0 Å². The van der Waals surface area contributed by atoms with Crippen LogP contribution >= 0.6 is 0 Å². The minimum atomic E-state index is -0.440. The van der Waals surface area contributed by atoms with E-state index < -0.39 is 4.92 Å². The first kappa shape index (κ1) is 20.1. The number of hydrogen-bond acceptors (Lipinski definition) is 6. The number of carbonyl (C=O) groups excluding carboxylic acids is 1. The van der Waals surface area contributed by atoms with Gasteiger partial charge < -0.3 is 14.5 Å². The Morgan fingerprint density at radius 3 is 2.79 bits per heavy atom. The Balaban J connectivity index is 1.58. The Kier molecular flexibility index (Phi) is 5.96. The number of aromatic nitrogens is 2. The molecule has 0 spiro atoms. The van der Waals surface area contributed by atoms with Gasteiger partial charge in [-0.15, -0.1) is 0 Å². The highest BCUT2D eigenvalue weighted by Crippen LogP contribution is 2.24. The normalized spacial score (nSPS) is 11.8. The Morgan fingerprint density at radius 1 is 1.34 bits per heavy atom. The molecular weight excluding hydrogens is 376 g/mol. The van der Waals surface area contributed by atoms with Crippen molar-refractivity contribution in [1.29, 1.82) is 0 Å². The number of ether oxygens (including phenoxy) is 1. The molecule has 0 aliphatic rings. The Morgan fingerprint density at radius 2 is 2.14 bits per heavy atom. The molecule has 152 valence electrons. The summed E-state index contributed by atoms with van der Waals surface area (Å²) in [5, 5.41) is 18.1. The van der Waals surface area contributed by atoms with E-state index in [1.807, 2.05) is 26.1 Å². The highest BCUT2D eigenvalue weighted by molar-refractivity contribution is 5.91. The van der Waals surface area contributed by atoms with Crippen LogP contribution in [0.1, 0.15) is 47.5 Å². The molecule has 0 aliphatic carbocycles. The molecule has 1 N–H and O–H groups in total. The molecule has 0 fully saturated rings. The summed E-state index contributed by atoms with van der Waals surface area (Å²) < 4.78 is 12.9. The van der Waals surface area contributed by atoms with Crippen LogP contribution in [0.3, 0.4) is 0 Å². The first-order valence-corrected chi connectivity index (χ1v) is 9.18. The monoisotopic (exact) mass is 398 g/mol. The third-order valence-electron chi connectivity index (χ3n) is 4.41. The highest BCUT2D eigenvalue weighted by atomic mass is 16.6. The summed E-state index contributed by atoms with van der Waals surface area (Å²) in [7, 11) is 0. The molecule has 9 nitrogen and oxygen atoms in total. The Hall–Kier alpha value is -3.62. The van der Waals surface area contributed by atoms with Gasteiger partial charge in [0.2, 0.25) is 0 Å². The minimum absolute atomic E-state index is 0.0344. The van der Waals surface area contributed by atoms with Crippen molar-refractivity contribution in [1.82, 2.24) is 15.1 Å². The zero-order valence-corrected chi connectivity index (χ0v) is 16.4. The zero-order chi connectivity index (χ0) is 21.0. The van der Waals surface area contributed by atoms with E-state index in [0.717, 1.165) is 12.2 Å². The lowest BCUT2D eigenvalue weighted by molar-refractivity contribution is -0.385. The van der Waals surface area contributed by atoms with Crippen LogP contribution in [0, 0.1) is 17.0 Å². The molecule has 1 atom stereocenters. The fourth-order valence-electron chi connectivity index (χ4n) is 2.78. The van der Waals surface area contributed by atoms with E-state index in [0.29, 0.717) is 17.1 Å². The van der Waals surface area contributed by atoms with E-state index in [1.54, 1.807) is 29.8 Å². The second-order valence-electron chi connectivity index (χ2n) is 6.55. The number of aryl methyl sites for hydroxylation is 2. The summed E-state index contributed by atoms with van der Waals surface area (Å²) in [5.41, 5.74) is 1.31. The number of amides is 1. The number of carbonyl (C=O) groups is 1. The first-order valence-electron chi connectivity index (χ1n) is 9.18.